The van der Waals surface area contributed by atoms with Crippen LogP contribution in [0.3, 0.4) is 0 Å². The third-order valence-electron chi connectivity index (χ3n) is 12.8. The molecule has 6 aromatic rings. The third-order valence-corrected chi connectivity index (χ3v) is 15.3. The molecule has 5 N–H and O–H groups in total. The molecule has 16 nitrogen and oxygen atoms in total. The van der Waals surface area contributed by atoms with Gasteiger partial charge in [0.15, 0.2) is 5.82 Å². The van der Waals surface area contributed by atoms with Gasteiger partial charge in [-0.3, -0.25) is 28.8 Å². The molecule has 3 aromatic carbocycles. The highest BCUT2D eigenvalue weighted by Crippen LogP contribution is 2.32. The Morgan fingerprint density at radius 3 is 2.31 bits per heavy atom. The van der Waals surface area contributed by atoms with E-state index in [4.69, 9.17) is 0 Å². The summed E-state index contributed by atoms with van der Waals surface area (Å²) in [5.41, 5.74) is 5.18. The van der Waals surface area contributed by atoms with Gasteiger partial charge < -0.3 is 30.5 Å². The molecule has 1 unspecified atom stereocenters. The van der Waals surface area contributed by atoms with Crippen molar-refractivity contribution < 1.29 is 41.5 Å². The maximum absolute atomic E-state index is 15.6. The van der Waals surface area contributed by atoms with Crippen LogP contribution in [0.25, 0.3) is 32.6 Å². The Balaban J connectivity index is 0.857. The molecule has 0 spiro atoms. The van der Waals surface area contributed by atoms with Gasteiger partial charge in [0.2, 0.25) is 33.5 Å². The van der Waals surface area contributed by atoms with Crippen molar-refractivity contribution in [3.05, 3.63) is 119 Å². The van der Waals surface area contributed by atoms with Crippen molar-refractivity contribution in [3.8, 4) is 21.6 Å². The summed E-state index contributed by atoms with van der Waals surface area (Å²) in [6.07, 6.45) is 2.40. The molecule has 3 atom stereocenters. The van der Waals surface area contributed by atoms with Crippen molar-refractivity contribution in [3.63, 3.8) is 0 Å². The van der Waals surface area contributed by atoms with Crippen molar-refractivity contribution in [1.82, 2.24) is 35.4 Å². The van der Waals surface area contributed by atoms with E-state index >= 15 is 8.78 Å². The minimum Gasteiger partial charge on any atom is -0.391 e. The number of aliphatic hydroxyl groups excluding tert-OH is 1. The molecule has 20 heteroatoms. The van der Waals surface area contributed by atoms with E-state index in [0.29, 0.717) is 42.8 Å². The van der Waals surface area contributed by atoms with E-state index < -0.39 is 68.2 Å². The monoisotopic (exact) mass is 1010 g/mol. The number of nitrogens with one attached hydrogen (secondary N) is 4. The van der Waals surface area contributed by atoms with Crippen LogP contribution in [-0.4, -0.2) is 125 Å². The second-order valence-corrected chi connectivity index (χ2v) is 21.8. The first-order valence-electron chi connectivity index (χ1n) is 23.4. The smallest absolute Gasteiger partial charge is 0.246 e. The minimum absolute atomic E-state index is 0.0255. The van der Waals surface area contributed by atoms with Crippen molar-refractivity contribution in [2.24, 2.45) is 5.41 Å². The van der Waals surface area contributed by atoms with Gasteiger partial charge in [-0.05, 0) is 65.8 Å². The lowest BCUT2D eigenvalue weighted by molar-refractivity contribution is -0.144. The molecular weight excluding hydrogens is 953 g/mol. The summed E-state index contributed by atoms with van der Waals surface area (Å²) in [5.74, 6) is -4.85. The Hall–Kier alpha value is -6.61. The van der Waals surface area contributed by atoms with E-state index in [9.17, 15) is 32.7 Å². The average Bonchev–Trinajstić information content (AvgIpc) is 4.08. The standard InChI is InChI=1S/C51H57F2N9O7S2/c1-6-21-71(68,69)59-40-16-15-39(52)43(44(40)53)45(65)38-26-55-48-37(38)22-34(25-54-48)32-11-13-35(14-12-32)61-19-17-60(18-20-61)28-42(64)58-47(51(3,4)5)50(67)62-27-36(63)23-41(62)49(66)56-24-31-7-9-33(10-8-31)46-30(2)57-29-70-46/h7-16,22,25-26,29,36,41,47,59,63H,6,17-21,23-24,27-28H2,1-5H3,(H,54,55)(H,56,66)(H,58,64)/t36-,41-,47?/m0/s1. The lowest BCUT2D eigenvalue weighted by atomic mass is 9.85. The molecule has 0 saturated carbocycles. The number of hydrogen-bond donors (Lipinski definition) is 5. The number of aryl methyl sites for hydroxylation is 1. The number of likely N-dealkylation sites (tertiary alicyclic amines) is 1. The number of benzene rings is 3. The number of ketones is 1. The van der Waals surface area contributed by atoms with Crippen LogP contribution in [0.1, 0.15) is 67.7 Å². The van der Waals surface area contributed by atoms with E-state index in [1.807, 2.05) is 81.1 Å². The molecule has 3 amide bonds. The number of rotatable bonds is 16. The first-order valence-corrected chi connectivity index (χ1v) is 26.0. The highest BCUT2D eigenvalue weighted by molar-refractivity contribution is 7.92. The molecule has 0 bridgehead atoms. The fourth-order valence-electron chi connectivity index (χ4n) is 9.03. The third kappa shape index (κ3) is 11.5. The molecule has 8 rings (SSSR count). The quantitative estimate of drug-likeness (QED) is 0.0685. The largest absolute Gasteiger partial charge is 0.391 e. The molecule has 71 heavy (non-hydrogen) atoms. The normalized spacial score (nSPS) is 17.1. The van der Waals surface area contributed by atoms with Gasteiger partial charge in [0.1, 0.15) is 23.5 Å². The van der Waals surface area contributed by atoms with Gasteiger partial charge in [0.05, 0.1) is 45.7 Å². The molecule has 2 fully saturated rings. The predicted molar refractivity (Wildman–Crippen MR) is 269 cm³/mol. The topological polar surface area (TPSA) is 210 Å². The number of carbonyl (C=O) groups excluding carboxylic acids is 4. The van der Waals surface area contributed by atoms with E-state index in [2.05, 4.69) is 35.2 Å². The number of nitrogens with zero attached hydrogens (tertiary/aromatic N) is 5. The number of aliphatic hydroxyl groups is 1. The summed E-state index contributed by atoms with van der Waals surface area (Å²) in [7, 11) is -3.92. The second kappa shape index (κ2) is 21.0. The van der Waals surface area contributed by atoms with Gasteiger partial charge in [-0.1, -0.05) is 64.1 Å². The summed E-state index contributed by atoms with van der Waals surface area (Å²) >= 11 is 1.56. The van der Waals surface area contributed by atoms with Gasteiger partial charge in [0, 0.05) is 80.3 Å². The van der Waals surface area contributed by atoms with Crippen LogP contribution >= 0.6 is 11.3 Å². The number of carbonyl (C=O) groups is 4. The molecule has 0 aliphatic carbocycles. The Morgan fingerprint density at radius 1 is 0.944 bits per heavy atom. The molecule has 3 aromatic heterocycles. The molecular formula is C51H57F2N9O7S2. The Morgan fingerprint density at radius 2 is 1.65 bits per heavy atom. The van der Waals surface area contributed by atoms with Crippen molar-refractivity contribution in [1.29, 1.82) is 0 Å². The maximum atomic E-state index is 15.6. The molecule has 5 heterocycles. The van der Waals surface area contributed by atoms with Crippen LogP contribution in [0.5, 0.6) is 0 Å². The zero-order valence-electron chi connectivity index (χ0n) is 40.1. The number of β-amino-alcohol motifs (C(OH)–C–C–N with tert-alkyl or cyclic N) is 1. The number of piperazine rings is 1. The number of halogens is 2. The van der Waals surface area contributed by atoms with Crippen LogP contribution < -0.4 is 20.3 Å². The SMILES string of the molecule is CCCS(=O)(=O)Nc1ccc(F)c(C(=O)c2c[nH]c3ncc(-c4ccc(N5CCN(CC(=O)NC(C(=O)N6C[C@@H](O)C[C@H]6C(=O)NCc6ccc(-c7scnc7C)cc6)C(C)(C)C)CC5)cc4)cc23)c1F. The number of thiazole rings is 1. The molecule has 0 radical (unpaired) electrons. The summed E-state index contributed by atoms with van der Waals surface area (Å²) in [6.45, 7) is 11.8. The fraction of sp³-hybridized carbons (Fsp3) is 0.373. The number of sulfonamides is 1. The summed E-state index contributed by atoms with van der Waals surface area (Å²) in [5, 5.41) is 16.9. The number of pyridine rings is 1. The summed E-state index contributed by atoms with van der Waals surface area (Å²) < 4.78 is 57.4. The number of amides is 3. The number of aromatic amines is 1. The highest BCUT2D eigenvalue weighted by Gasteiger charge is 2.44. The Labute approximate surface area is 414 Å². The average molecular weight is 1010 g/mol. The molecule has 2 saturated heterocycles. The zero-order valence-corrected chi connectivity index (χ0v) is 41.7. The van der Waals surface area contributed by atoms with Crippen molar-refractivity contribution in [2.75, 3.05) is 54.6 Å². The predicted octanol–water partition coefficient (Wildman–Crippen LogP) is 6.25. The summed E-state index contributed by atoms with van der Waals surface area (Å²) in [4.78, 5) is 73.4. The summed E-state index contributed by atoms with van der Waals surface area (Å²) in [6, 6.07) is 17.2. The van der Waals surface area contributed by atoms with Gasteiger partial charge >= 0.3 is 0 Å². The van der Waals surface area contributed by atoms with Crippen LogP contribution in [0, 0.1) is 24.0 Å². The Bertz CT molecular complexity index is 3060. The lowest BCUT2D eigenvalue weighted by Crippen LogP contribution is -2.59. The number of aromatic nitrogens is 3. The van der Waals surface area contributed by atoms with Gasteiger partial charge in [-0.2, -0.15) is 0 Å². The van der Waals surface area contributed by atoms with Crippen molar-refractivity contribution in [2.45, 2.75) is 72.2 Å². The second-order valence-electron chi connectivity index (χ2n) is 19.1. The van der Waals surface area contributed by atoms with Crippen LogP contribution in [0.15, 0.2) is 84.6 Å². The fourth-order valence-corrected chi connectivity index (χ4v) is 11.0. The highest BCUT2D eigenvalue weighted by atomic mass is 32.2. The zero-order chi connectivity index (χ0) is 50.8. The molecule has 2 aliphatic rings. The lowest BCUT2D eigenvalue weighted by Gasteiger charge is -2.37. The molecule has 2 aliphatic heterocycles. The van der Waals surface area contributed by atoms with Crippen LogP contribution in [-0.2, 0) is 31.0 Å². The number of hydrogen-bond acceptors (Lipinski definition) is 12. The number of anilines is 2. The van der Waals surface area contributed by atoms with Gasteiger partial charge in [-0.15, -0.1) is 11.3 Å². The maximum Gasteiger partial charge on any atom is 0.246 e. The molecule has 374 valence electrons. The first kappa shape index (κ1) is 50.8. The van der Waals surface area contributed by atoms with Crippen LogP contribution in [0.2, 0.25) is 0 Å². The number of fused-ring (bicyclic) bond motifs is 1. The minimum atomic E-state index is -3.92. The Kier molecular flexibility index (Phi) is 15.0. The van der Waals surface area contributed by atoms with Gasteiger partial charge in [0.25, 0.3) is 0 Å². The van der Waals surface area contributed by atoms with E-state index in [-0.39, 0.29) is 55.6 Å². The van der Waals surface area contributed by atoms with E-state index in [1.54, 1.807) is 36.0 Å². The van der Waals surface area contributed by atoms with Crippen molar-refractivity contribution >= 4 is 67.3 Å². The van der Waals surface area contributed by atoms with E-state index in [0.717, 1.165) is 45.1 Å². The first-order chi connectivity index (χ1) is 33.8. The van der Waals surface area contributed by atoms with Crippen LogP contribution in [0.4, 0.5) is 20.2 Å². The van der Waals surface area contributed by atoms with Gasteiger partial charge in [-0.25, -0.2) is 27.2 Å². The van der Waals surface area contributed by atoms with E-state index in [1.165, 1.54) is 11.1 Å². The number of H-pyrrole nitrogens is 1.